The number of amides is 1. The van der Waals surface area contributed by atoms with Gasteiger partial charge in [-0.05, 0) is 0 Å². The number of nitrogens with zero attached hydrogens (tertiary/aromatic N) is 4. The van der Waals surface area contributed by atoms with Crippen molar-refractivity contribution in [1.29, 1.82) is 0 Å². The number of hydrogen-bond donors (Lipinski definition) is 4. The number of nitrogens with two attached hydrogens (primary N) is 1. The van der Waals surface area contributed by atoms with Crippen molar-refractivity contribution in [3.8, 4) is 0 Å². The molecule has 11 heteroatoms. The molecule has 0 aliphatic carbocycles. The number of aromatic amines is 1. The standard InChI is InChI=1S/C12H14N6O4.CH4O.CH4/c1-17-5-2-12(3-19,10(17)21)22-9(5)18-4-14-6-7(18)15-11(13)16-8(6)20;1-2;/h4-5,9,19H,2-3H2,1H3,(H3,13,15,16,20);2H,1H3;1H4/t5?,9-,12+;;/m1../s1. The van der Waals surface area contributed by atoms with Crippen molar-refractivity contribution in [2.75, 3.05) is 26.5 Å². The molecule has 0 aromatic carbocycles. The smallest absolute Gasteiger partial charge is 0.280 e. The van der Waals surface area contributed by atoms with Gasteiger partial charge < -0.3 is 25.6 Å². The summed E-state index contributed by atoms with van der Waals surface area (Å²) in [7, 11) is 2.66. The number of carbonyl (C=O) groups excluding carboxylic acids is 1. The zero-order valence-electron chi connectivity index (χ0n) is 13.1. The average Bonchev–Trinajstić information content (AvgIpc) is 3.22. The van der Waals surface area contributed by atoms with Crippen LogP contribution >= 0.6 is 0 Å². The van der Waals surface area contributed by atoms with E-state index in [4.69, 9.17) is 15.6 Å². The highest BCUT2D eigenvalue weighted by Gasteiger charge is 2.61. The van der Waals surface area contributed by atoms with E-state index in [9.17, 15) is 14.7 Å². The predicted molar refractivity (Wildman–Crippen MR) is 88.5 cm³/mol. The largest absolute Gasteiger partial charge is 0.400 e. The van der Waals surface area contributed by atoms with Gasteiger partial charge in [0.25, 0.3) is 11.5 Å². The van der Waals surface area contributed by atoms with E-state index in [1.807, 2.05) is 0 Å². The minimum absolute atomic E-state index is 0. The molecule has 2 fully saturated rings. The van der Waals surface area contributed by atoms with Crippen LogP contribution in [0, 0.1) is 0 Å². The number of hydrogen-bond acceptors (Lipinski definition) is 8. The molecule has 11 nitrogen and oxygen atoms in total. The van der Waals surface area contributed by atoms with E-state index >= 15 is 0 Å². The lowest BCUT2D eigenvalue weighted by atomic mass is 10.0. The Morgan fingerprint density at radius 3 is 2.76 bits per heavy atom. The van der Waals surface area contributed by atoms with Gasteiger partial charge in [-0.2, -0.15) is 4.98 Å². The van der Waals surface area contributed by atoms with Crippen molar-refractivity contribution in [3.05, 3.63) is 16.7 Å². The van der Waals surface area contributed by atoms with Gasteiger partial charge in [0.1, 0.15) is 0 Å². The number of anilines is 1. The van der Waals surface area contributed by atoms with Crippen LogP contribution in [0.4, 0.5) is 5.95 Å². The summed E-state index contributed by atoms with van der Waals surface area (Å²) in [5.74, 6) is -0.269. The maximum Gasteiger partial charge on any atom is 0.280 e. The van der Waals surface area contributed by atoms with Gasteiger partial charge in [-0.1, -0.05) is 7.43 Å². The van der Waals surface area contributed by atoms with Gasteiger partial charge in [0.15, 0.2) is 23.0 Å². The molecule has 3 atom stereocenters. The van der Waals surface area contributed by atoms with Crippen molar-refractivity contribution in [3.63, 3.8) is 0 Å². The van der Waals surface area contributed by atoms with Gasteiger partial charge in [-0.15, -0.1) is 0 Å². The topological polar surface area (TPSA) is 160 Å². The monoisotopic (exact) mass is 354 g/mol. The minimum atomic E-state index is -1.23. The summed E-state index contributed by atoms with van der Waals surface area (Å²) >= 11 is 0. The van der Waals surface area contributed by atoms with Crippen LogP contribution in [0.25, 0.3) is 11.2 Å². The number of aliphatic hydroxyl groups is 2. The van der Waals surface area contributed by atoms with Crippen LogP contribution < -0.4 is 11.3 Å². The van der Waals surface area contributed by atoms with Crippen LogP contribution in [-0.4, -0.2) is 72.9 Å². The van der Waals surface area contributed by atoms with Crippen LogP contribution in [0.3, 0.4) is 0 Å². The molecule has 4 rings (SSSR count). The minimum Gasteiger partial charge on any atom is -0.400 e. The normalized spacial score (nSPS) is 27.2. The van der Waals surface area contributed by atoms with E-state index in [1.54, 1.807) is 16.5 Å². The molecule has 25 heavy (non-hydrogen) atoms. The lowest BCUT2D eigenvalue weighted by molar-refractivity contribution is -0.177. The van der Waals surface area contributed by atoms with Crippen molar-refractivity contribution in [1.82, 2.24) is 24.4 Å². The van der Waals surface area contributed by atoms with E-state index in [-0.39, 0.29) is 36.5 Å². The van der Waals surface area contributed by atoms with E-state index in [2.05, 4.69) is 15.0 Å². The molecule has 2 aliphatic heterocycles. The number of carbonyl (C=O) groups is 1. The first-order valence-electron chi connectivity index (χ1n) is 7.20. The van der Waals surface area contributed by atoms with E-state index in [0.29, 0.717) is 6.42 Å². The fourth-order valence-corrected chi connectivity index (χ4v) is 3.28. The number of nitrogens with one attached hydrogen (secondary N) is 1. The molecule has 2 aromatic heterocycles. The summed E-state index contributed by atoms with van der Waals surface area (Å²) in [5.41, 5.74) is 4.34. The lowest BCUT2D eigenvalue weighted by Gasteiger charge is -2.34. The Balaban J connectivity index is 0.000000726. The third-order valence-corrected chi connectivity index (χ3v) is 4.40. The van der Waals surface area contributed by atoms with Crippen LogP contribution in [-0.2, 0) is 9.53 Å². The average molecular weight is 354 g/mol. The third kappa shape index (κ3) is 2.47. The summed E-state index contributed by atoms with van der Waals surface area (Å²) < 4.78 is 7.38. The number of rotatable bonds is 2. The second-order valence-electron chi connectivity index (χ2n) is 5.62. The van der Waals surface area contributed by atoms with Gasteiger partial charge in [0.2, 0.25) is 5.95 Å². The van der Waals surface area contributed by atoms with Gasteiger partial charge >= 0.3 is 0 Å². The number of aromatic nitrogens is 4. The highest BCUT2D eigenvalue weighted by Crippen LogP contribution is 2.46. The molecule has 1 unspecified atom stereocenters. The Hall–Kier alpha value is -2.50. The number of fused-ring (bicyclic) bond motifs is 3. The summed E-state index contributed by atoms with van der Waals surface area (Å²) in [5, 5.41) is 16.6. The third-order valence-electron chi connectivity index (χ3n) is 4.40. The molecule has 2 saturated heterocycles. The first-order chi connectivity index (χ1) is 11.5. The number of morpholine rings is 1. The van der Waals surface area contributed by atoms with Gasteiger partial charge in [0, 0.05) is 20.6 Å². The van der Waals surface area contributed by atoms with Crippen LogP contribution in [0.2, 0.25) is 0 Å². The number of ether oxygens (including phenoxy) is 1. The molecule has 2 bridgehead atoms. The zero-order valence-corrected chi connectivity index (χ0v) is 13.1. The van der Waals surface area contributed by atoms with Crippen molar-refractivity contribution in [2.24, 2.45) is 0 Å². The first kappa shape index (κ1) is 18.8. The first-order valence-corrected chi connectivity index (χ1v) is 7.20. The van der Waals surface area contributed by atoms with Gasteiger partial charge in [0.05, 0.1) is 19.0 Å². The number of H-pyrrole nitrogens is 1. The Morgan fingerprint density at radius 1 is 1.48 bits per heavy atom. The number of imidazole rings is 1. The zero-order chi connectivity index (χ0) is 17.6. The highest BCUT2D eigenvalue weighted by molar-refractivity contribution is 5.89. The Bertz CT molecular complexity index is 848. The predicted octanol–water partition coefficient (Wildman–Crippen LogP) is -1.56. The summed E-state index contributed by atoms with van der Waals surface area (Å²) in [6.07, 6.45) is 1.23. The van der Waals surface area contributed by atoms with E-state index in [1.165, 1.54) is 6.33 Å². The molecular weight excluding hydrogens is 332 g/mol. The Kier molecular flexibility index (Phi) is 4.84. The number of nitrogen functional groups attached to an aromatic ring is 1. The van der Waals surface area contributed by atoms with Crippen LogP contribution in [0.5, 0.6) is 0 Å². The Morgan fingerprint density at radius 2 is 2.16 bits per heavy atom. The van der Waals surface area contributed by atoms with Crippen molar-refractivity contribution >= 4 is 23.0 Å². The molecule has 0 spiro atoms. The van der Waals surface area contributed by atoms with Gasteiger partial charge in [-0.25, -0.2) is 4.98 Å². The lowest BCUT2D eigenvalue weighted by Crippen LogP contribution is -2.50. The van der Waals surface area contributed by atoms with Gasteiger partial charge in [-0.3, -0.25) is 19.1 Å². The maximum atomic E-state index is 12.1. The van der Waals surface area contributed by atoms with E-state index in [0.717, 1.165) is 7.11 Å². The van der Waals surface area contributed by atoms with Crippen molar-refractivity contribution < 1.29 is 19.7 Å². The second kappa shape index (κ2) is 6.43. The quantitative estimate of drug-likeness (QED) is 0.503. The van der Waals surface area contributed by atoms with Crippen LogP contribution in [0.1, 0.15) is 20.1 Å². The molecule has 0 radical (unpaired) electrons. The summed E-state index contributed by atoms with van der Waals surface area (Å²) in [6, 6.07) is -0.264. The molecule has 2 aliphatic rings. The maximum absolute atomic E-state index is 12.1. The molecular formula is C14H22N6O5. The molecule has 1 amide bonds. The number of likely N-dealkylation sites (tertiary alicyclic amines) is 1. The number of likely N-dealkylation sites (N-methyl/N-ethyl adjacent to an activating group) is 1. The summed E-state index contributed by atoms with van der Waals surface area (Å²) in [6.45, 7) is -0.397. The van der Waals surface area contributed by atoms with Crippen molar-refractivity contribution in [2.45, 2.75) is 31.7 Å². The fraction of sp³-hybridized carbons (Fsp3) is 0.571. The second-order valence-corrected chi connectivity index (χ2v) is 5.62. The molecule has 0 saturated carbocycles. The molecule has 5 N–H and O–H groups in total. The molecule has 4 heterocycles. The SMILES string of the molecule is C.CN1C(=O)[C@@]2(CO)CC1[C@H](n1cnc3c(=O)[nH]c(N)nc31)O2.CO. The molecule has 2 aromatic rings. The Labute approximate surface area is 143 Å². The van der Waals surface area contributed by atoms with E-state index < -0.39 is 24.0 Å². The highest BCUT2D eigenvalue weighted by atomic mass is 16.6. The molecule has 138 valence electrons. The van der Waals surface area contributed by atoms with Crippen LogP contribution in [0.15, 0.2) is 11.1 Å². The number of aliphatic hydroxyl groups excluding tert-OH is 2. The summed E-state index contributed by atoms with van der Waals surface area (Å²) in [4.78, 5) is 36.0. The fourth-order valence-electron chi connectivity index (χ4n) is 3.28.